The number of rotatable bonds is 6. The first kappa shape index (κ1) is 14.5. The summed E-state index contributed by atoms with van der Waals surface area (Å²) in [5.74, 6) is 0. The summed E-state index contributed by atoms with van der Waals surface area (Å²) in [5, 5.41) is 13.6. The maximum Gasteiger partial charge on any atom is 0.158 e. The molecule has 0 aromatic heterocycles. The summed E-state index contributed by atoms with van der Waals surface area (Å²) in [7, 11) is 3.28. The van der Waals surface area contributed by atoms with E-state index >= 15 is 0 Å². The third-order valence-corrected chi connectivity index (χ3v) is 3.75. The van der Waals surface area contributed by atoms with Gasteiger partial charge in [0.2, 0.25) is 0 Å². The molecule has 0 unspecified atom stereocenters. The number of aryl methyl sites for hydroxylation is 1. The predicted octanol–water partition coefficient (Wildman–Crippen LogP) is 1.63. The lowest BCUT2D eigenvalue weighted by molar-refractivity contribution is -0.106. The van der Waals surface area contributed by atoms with E-state index in [1.54, 1.807) is 14.2 Å². The van der Waals surface area contributed by atoms with Gasteiger partial charge in [-0.3, -0.25) is 0 Å². The van der Waals surface area contributed by atoms with Crippen LogP contribution in [0.3, 0.4) is 0 Å². The molecule has 19 heavy (non-hydrogen) atoms. The first-order valence-corrected chi connectivity index (χ1v) is 6.81. The van der Waals surface area contributed by atoms with Crippen LogP contribution in [0.4, 0.5) is 0 Å². The van der Waals surface area contributed by atoms with Gasteiger partial charge in [-0.2, -0.15) is 0 Å². The van der Waals surface area contributed by atoms with Crippen molar-refractivity contribution in [3.8, 4) is 0 Å². The highest BCUT2D eigenvalue weighted by Crippen LogP contribution is 2.29. The zero-order valence-corrected chi connectivity index (χ0v) is 11.6. The Balaban J connectivity index is 1.96. The van der Waals surface area contributed by atoms with Gasteiger partial charge in [0.25, 0.3) is 0 Å². The Kier molecular flexibility index (Phi) is 5.34. The summed E-state index contributed by atoms with van der Waals surface area (Å²) in [6.45, 7) is 0.752. The van der Waals surface area contributed by atoms with E-state index in [1.165, 1.54) is 11.1 Å². The van der Waals surface area contributed by atoms with Crippen LogP contribution in [0.1, 0.15) is 30.0 Å². The Morgan fingerprint density at radius 1 is 1.32 bits per heavy atom. The Morgan fingerprint density at radius 2 is 2.05 bits per heavy atom. The molecule has 0 saturated carbocycles. The second-order valence-corrected chi connectivity index (χ2v) is 4.93. The number of aliphatic hydroxyl groups is 1. The van der Waals surface area contributed by atoms with E-state index in [-0.39, 0.29) is 18.4 Å². The molecule has 106 valence electrons. The first-order chi connectivity index (χ1) is 9.26. The number of fused-ring (bicyclic) bond motifs is 1. The van der Waals surface area contributed by atoms with Crippen molar-refractivity contribution in [1.82, 2.24) is 5.32 Å². The van der Waals surface area contributed by atoms with Crippen molar-refractivity contribution in [3.63, 3.8) is 0 Å². The smallest absolute Gasteiger partial charge is 0.158 e. The molecule has 1 aromatic rings. The van der Waals surface area contributed by atoms with Crippen LogP contribution in [0.2, 0.25) is 0 Å². The van der Waals surface area contributed by atoms with Crippen LogP contribution in [-0.4, -0.2) is 38.3 Å². The average Bonchev–Trinajstić information content (AvgIpc) is 2.45. The minimum atomic E-state index is -0.321. The van der Waals surface area contributed by atoms with Gasteiger partial charge in [0, 0.05) is 27.2 Å². The normalized spacial score (nSPS) is 22.5. The molecule has 4 nitrogen and oxygen atoms in total. The number of hydrogen-bond donors (Lipinski definition) is 2. The zero-order valence-electron chi connectivity index (χ0n) is 11.6. The van der Waals surface area contributed by atoms with E-state index in [0.29, 0.717) is 0 Å². The van der Waals surface area contributed by atoms with Crippen LogP contribution in [0, 0.1) is 0 Å². The van der Waals surface area contributed by atoms with Crippen molar-refractivity contribution in [2.24, 2.45) is 0 Å². The molecule has 1 aromatic carbocycles. The van der Waals surface area contributed by atoms with Gasteiger partial charge >= 0.3 is 0 Å². The summed E-state index contributed by atoms with van der Waals surface area (Å²) in [6.07, 6.45) is 2.02. The van der Waals surface area contributed by atoms with Gasteiger partial charge in [-0.25, -0.2) is 0 Å². The van der Waals surface area contributed by atoms with E-state index in [4.69, 9.17) is 9.47 Å². The number of aliphatic hydroxyl groups excluding tert-OH is 1. The molecule has 1 aliphatic carbocycles. The predicted molar refractivity (Wildman–Crippen MR) is 73.9 cm³/mol. The van der Waals surface area contributed by atoms with Gasteiger partial charge < -0.3 is 19.9 Å². The highest BCUT2D eigenvalue weighted by molar-refractivity contribution is 5.33. The largest absolute Gasteiger partial charge is 0.391 e. The van der Waals surface area contributed by atoms with E-state index in [1.807, 2.05) is 6.07 Å². The van der Waals surface area contributed by atoms with Gasteiger partial charge in [-0.1, -0.05) is 24.3 Å². The first-order valence-electron chi connectivity index (χ1n) is 6.81. The van der Waals surface area contributed by atoms with Crippen molar-refractivity contribution in [2.45, 2.75) is 37.7 Å². The van der Waals surface area contributed by atoms with Crippen molar-refractivity contribution in [2.75, 3.05) is 20.8 Å². The molecule has 2 rings (SSSR count). The minimum absolute atomic E-state index is 0.0133. The molecule has 1 aliphatic rings. The fourth-order valence-electron chi connectivity index (χ4n) is 2.68. The highest BCUT2D eigenvalue weighted by atomic mass is 16.7. The van der Waals surface area contributed by atoms with E-state index in [0.717, 1.165) is 25.8 Å². The molecular weight excluding hydrogens is 242 g/mol. The molecule has 0 spiro atoms. The second-order valence-electron chi connectivity index (χ2n) is 4.93. The van der Waals surface area contributed by atoms with Crippen molar-refractivity contribution in [3.05, 3.63) is 35.4 Å². The number of methoxy groups -OCH3 is 2. The van der Waals surface area contributed by atoms with Crippen LogP contribution in [0.25, 0.3) is 0 Å². The molecule has 4 heteroatoms. The lowest BCUT2D eigenvalue weighted by Gasteiger charge is -2.31. The van der Waals surface area contributed by atoms with Gasteiger partial charge in [-0.15, -0.1) is 0 Å². The van der Waals surface area contributed by atoms with Gasteiger partial charge in [0.05, 0.1) is 12.1 Å². The second kappa shape index (κ2) is 7.01. The molecule has 2 N–H and O–H groups in total. The van der Waals surface area contributed by atoms with Gasteiger partial charge in [-0.05, 0) is 24.0 Å². The topological polar surface area (TPSA) is 50.7 Å². The molecule has 2 atom stereocenters. The third-order valence-electron chi connectivity index (χ3n) is 3.75. The summed E-state index contributed by atoms with van der Waals surface area (Å²) in [4.78, 5) is 0. The molecule has 0 fully saturated rings. The maximum atomic E-state index is 10.2. The summed E-state index contributed by atoms with van der Waals surface area (Å²) >= 11 is 0. The summed E-state index contributed by atoms with van der Waals surface area (Å²) in [6, 6.07) is 8.33. The highest BCUT2D eigenvalue weighted by Gasteiger charge is 2.27. The van der Waals surface area contributed by atoms with Crippen LogP contribution in [0.5, 0.6) is 0 Å². The quantitative estimate of drug-likeness (QED) is 0.768. The lowest BCUT2D eigenvalue weighted by Crippen LogP contribution is -2.37. The molecule has 0 aliphatic heterocycles. The average molecular weight is 265 g/mol. The fourth-order valence-corrected chi connectivity index (χ4v) is 2.68. The fraction of sp³-hybridized carbons (Fsp3) is 0.600. The summed E-state index contributed by atoms with van der Waals surface area (Å²) in [5.41, 5.74) is 2.55. The van der Waals surface area contributed by atoms with Crippen molar-refractivity contribution >= 4 is 0 Å². The Bertz CT molecular complexity index is 393. The maximum absolute atomic E-state index is 10.2. The third kappa shape index (κ3) is 3.54. The van der Waals surface area contributed by atoms with Crippen molar-refractivity contribution < 1.29 is 14.6 Å². The van der Waals surface area contributed by atoms with Crippen LogP contribution < -0.4 is 5.32 Å². The van der Waals surface area contributed by atoms with E-state index in [9.17, 15) is 5.11 Å². The molecule has 0 heterocycles. The van der Waals surface area contributed by atoms with Gasteiger partial charge in [0.15, 0.2) is 6.29 Å². The molecule has 0 saturated heterocycles. The number of ether oxygens (including phenoxy) is 2. The number of hydrogen-bond acceptors (Lipinski definition) is 4. The molecule has 0 amide bonds. The number of nitrogens with one attached hydrogen (secondary N) is 1. The lowest BCUT2D eigenvalue weighted by atomic mass is 9.85. The summed E-state index contributed by atoms with van der Waals surface area (Å²) < 4.78 is 10.3. The SMILES string of the molecule is COC(CCN[C@@H]1c2ccccc2CC[C@H]1O)OC. The Morgan fingerprint density at radius 3 is 2.79 bits per heavy atom. The molecule has 0 bridgehead atoms. The monoisotopic (exact) mass is 265 g/mol. The number of benzene rings is 1. The van der Waals surface area contributed by atoms with Crippen LogP contribution >= 0.6 is 0 Å². The zero-order chi connectivity index (χ0) is 13.7. The Labute approximate surface area is 114 Å². The minimum Gasteiger partial charge on any atom is -0.391 e. The van der Waals surface area contributed by atoms with Crippen LogP contribution in [-0.2, 0) is 15.9 Å². The van der Waals surface area contributed by atoms with Crippen LogP contribution in [0.15, 0.2) is 24.3 Å². The van der Waals surface area contributed by atoms with Crippen molar-refractivity contribution in [1.29, 1.82) is 0 Å². The van der Waals surface area contributed by atoms with Gasteiger partial charge in [0.1, 0.15) is 0 Å². The van der Waals surface area contributed by atoms with E-state index in [2.05, 4.69) is 23.5 Å². The standard InChI is InChI=1S/C15H23NO3/c1-18-14(19-2)9-10-16-15-12-6-4-3-5-11(12)7-8-13(15)17/h3-6,13-17H,7-10H2,1-2H3/t13-,15-/m1/s1. The molecular formula is C15H23NO3. The van der Waals surface area contributed by atoms with E-state index < -0.39 is 0 Å². The molecule has 0 radical (unpaired) electrons. The Hall–Kier alpha value is -0.940.